The fourth-order valence-corrected chi connectivity index (χ4v) is 5.57. The fraction of sp³-hybridized carbons (Fsp3) is 0.639. The lowest BCUT2D eigenvalue weighted by molar-refractivity contribution is -0.136. The number of nitrogens with zero attached hydrogens (tertiary/aromatic N) is 5. The Morgan fingerprint density at radius 1 is 1.00 bits per heavy atom. The molecule has 0 bridgehead atoms. The summed E-state index contributed by atoms with van der Waals surface area (Å²) in [7, 11) is -3.47. The van der Waals surface area contributed by atoms with E-state index in [9.17, 15) is 32.4 Å². The van der Waals surface area contributed by atoms with Gasteiger partial charge in [0, 0.05) is 68.8 Å². The van der Waals surface area contributed by atoms with E-state index in [1.807, 2.05) is 13.8 Å². The number of ketones is 2. The molecule has 0 unspecified atom stereocenters. The average molecular weight is 774 g/mol. The van der Waals surface area contributed by atoms with E-state index in [1.165, 1.54) is 12.4 Å². The highest BCUT2D eigenvalue weighted by Gasteiger charge is 2.33. The third-order valence-electron chi connectivity index (χ3n) is 8.09. The van der Waals surface area contributed by atoms with Crippen LogP contribution in [0.1, 0.15) is 97.2 Å². The summed E-state index contributed by atoms with van der Waals surface area (Å²) in [6, 6.07) is -1.41. The van der Waals surface area contributed by atoms with Crippen LogP contribution in [0.3, 0.4) is 0 Å². The number of ether oxygens (including phenoxy) is 1. The maximum Gasteiger partial charge on any atom is 0.312 e. The van der Waals surface area contributed by atoms with Gasteiger partial charge >= 0.3 is 6.03 Å². The predicted molar refractivity (Wildman–Crippen MR) is 199 cm³/mol. The standard InChI is InChI=1S/C36H55N9O8S/c1-25(2)29(33(49)42-30(32(48)36(3,4)5)14-10-16-38-34(37)50)20-28(46)13-11-18-53-19-17-45-24-27(43-44-45)23-39-31(47)15-9-7-8-12-26-21-40-35(41-22-26)54(6,51)52/h21-22,24-25,29-30H,7,9-11,13-20,23H2,1-6H3,(H,39,47)(H,42,49)(H3,37,38,50)/t29-,30-/m0/s1. The highest BCUT2D eigenvalue weighted by Crippen LogP contribution is 2.22. The lowest BCUT2D eigenvalue weighted by Gasteiger charge is -2.28. The Bertz CT molecular complexity index is 1730. The fourth-order valence-electron chi connectivity index (χ4n) is 5.08. The molecule has 0 fully saturated rings. The minimum absolute atomic E-state index is 0.0523. The van der Waals surface area contributed by atoms with Gasteiger partial charge in [0.2, 0.25) is 26.8 Å². The van der Waals surface area contributed by atoms with Crippen LogP contribution in [-0.2, 0) is 46.8 Å². The Hall–Kier alpha value is -4.76. The van der Waals surface area contributed by atoms with E-state index in [4.69, 9.17) is 10.5 Å². The molecule has 0 aromatic carbocycles. The minimum Gasteiger partial charge on any atom is -0.380 e. The van der Waals surface area contributed by atoms with E-state index in [-0.39, 0.29) is 66.8 Å². The molecular formula is C36H55N9O8S. The van der Waals surface area contributed by atoms with E-state index in [0.717, 1.165) is 6.26 Å². The van der Waals surface area contributed by atoms with Crippen molar-refractivity contribution >= 4 is 39.2 Å². The van der Waals surface area contributed by atoms with Gasteiger partial charge in [-0.3, -0.25) is 19.2 Å². The van der Waals surface area contributed by atoms with Crippen LogP contribution in [0.15, 0.2) is 23.7 Å². The number of hydrogen-bond donors (Lipinski definition) is 4. The van der Waals surface area contributed by atoms with Gasteiger partial charge in [-0.15, -0.1) is 5.10 Å². The molecule has 0 aliphatic rings. The van der Waals surface area contributed by atoms with Gasteiger partial charge in [-0.25, -0.2) is 27.9 Å². The molecule has 2 rings (SSSR count). The van der Waals surface area contributed by atoms with E-state index < -0.39 is 33.2 Å². The van der Waals surface area contributed by atoms with Crippen LogP contribution in [-0.4, -0.2) is 94.8 Å². The van der Waals surface area contributed by atoms with Crippen LogP contribution in [0, 0.1) is 29.1 Å². The molecule has 2 aromatic heterocycles. The molecule has 0 spiro atoms. The van der Waals surface area contributed by atoms with Crippen molar-refractivity contribution in [2.24, 2.45) is 23.0 Å². The van der Waals surface area contributed by atoms with Crippen molar-refractivity contribution in [2.75, 3.05) is 26.0 Å². The largest absolute Gasteiger partial charge is 0.380 e. The van der Waals surface area contributed by atoms with E-state index in [1.54, 1.807) is 31.6 Å². The first-order chi connectivity index (χ1) is 25.4. The quantitative estimate of drug-likeness (QED) is 0.0719. The van der Waals surface area contributed by atoms with Crippen LogP contribution < -0.4 is 21.7 Å². The number of primary amides is 1. The lowest BCUT2D eigenvalue weighted by atomic mass is 9.83. The van der Waals surface area contributed by atoms with Crippen molar-refractivity contribution in [1.82, 2.24) is 40.9 Å². The number of aromatic nitrogens is 5. The number of nitrogens with one attached hydrogen (secondary N) is 3. The Morgan fingerprint density at radius 2 is 1.70 bits per heavy atom. The molecule has 4 amide bonds. The van der Waals surface area contributed by atoms with Gasteiger partial charge in [0.25, 0.3) is 0 Å². The zero-order valence-electron chi connectivity index (χ0n) is 32.1. The number of amides is 4. The molecule has 2 aromatic rings. The second-order valence-electron chi connectivity index (χ2n) is 14.3. The SMILES string of the molecule is CC(C)[C@H](CC(=O)CCCOCCn1cc(CNC(=O)CCCC#Cc2cnc(S(C)(=O)=O)nc2)nn1)C(=O)N[C@@H](CCCNC(N)=O)C(=O)C(C)(C)C. The minimum atomic E-state index is -3.47. The molecule has 0 radical (unpaired) electrons. The van der Waals surface area contributed by atoms with Crippen LogP contribution in [0.25, 0.3) is 0 Å². The summed E-state index contributed by atoms with van der Waals surface area (Å²) >= 11 is 0. The Labute approximate surface area is 317 Å². The maximum absolute atomic E-state index is 13.3. The van der Waals surface area contributed by atoms with Gasteiger partial charge in [0.1, 0.15) is 11.5 Å². The molecule has 0 aliphatic heterocycles. The second kappa shape index (κ2) is 22.5. The van der Waals surface area contributed by atoms with Crippen LogP contribution in [0.4, 0.5) is 4.79 Å². The van der Waals surface area contributed by atoms with Crippen molar-refractivity contribution < 1.29 is 37.1 Å². The van der Waals surface area contributed by atoms with Gasteiger partial charge in [-0.05, 0) is 31.6 Å². The molecule has 0 aliphatic carbocycles. The second-order valence-corrected chi connectivity index (χ2v) is 16.3. The number of sulfone groups is 1. The molecular weight excluding hydrogens is 719 g/mol. The van der Waals surface area contributed by atoms with Crippen molar-refractivity contribution in [3.05, 3.63) is 29.8 Å². The molecule has 18 heteroatoms. The summed E-state index contributed by atoms with van der Waals surface area (Å²) in [6.07, 6.45) is 8.25. The number of urea groups is 1. The predicted octanol–water partition coefficient (Wildman–Crippen LogP) is 1.89. The summed E-state index contributed by atoms with van der Waals surface area (Å²) in [5.41, 5.74) is 5.50. The van der Waals surface area contributed by atoms with Crippen molar-refractivity contribution in [3.8, 4) is 11.8 Å². The van der Waals surface area contributed by atoms with Gasteiger partial charge in [-0.1, -0.05) is 51.7 Å². The molecule has 2 atom stereocenters. The summed E-state index contributed by atoms with van der Waals surface area (Å²) in [6.45, 7) is 10.7. The molecule has 17 nitrogen and oxygen atoms in total. The number of hydrogen-bond acceptors (Lipinski definition) is 12. The lowest BCUT2D eigenvalue weighted by Crippen LogP contribution is -2.48. The van der Waals surface area contributed by atoms with Crippen molar-refractivity contribution in [1.29, 1.82) is 0 Å². The summed E-state index contributed by atoms with van der Waals surface area (Å²) in [4.78, 5) is 69.9. The molecule has 2 heterocycles. The summed E-state index contributed by atoms with van der Waals surface area (Å²) in [5, 5.41) is 16.0. The molecule has 54 heavy (non-hydrogen) atoms. The number of unbranched alkanes of at least 4 members (excludes halogenated alkanes) is 1. The van der Waals surface area contributed by atoms with Gasteiger partial charge in [0.05, 0.1) is 37.5 Å². The zero-order chi connectivity index (χ0) is 40.3. The highest BCUT2D eigenvalue weighted by molar-refractivity contribution is 7.90. The summed E-state index contributed by atoms with van der Waals surface area (Å²) < 4.78 is 30.1. The number of carbonyl (C=O) groups excluding carboxylic acids is 5. The van der Waals surface area contributed by atoms with Crippen molar-refractivity contribution in [2.45, 2.75) is 110 Å². The molecule has 5 N–H and O–H groups in total. The Kier molecular flexibility index (Phi) is 18.9. The van der Waals surface area contributed by atoms with E-state index in [0.29, 0.717) is 63.1 Å². The summed E-state index contributed by atoms with van der Waals surface area (Å²) in [5.74, 6) is 4.34. The zero-order valence-corrected chi connectivity index (χ0v) is 33.0. The van der Waals surface area contributed by atoms with E-state index >= 15 is 0 Å². The highest BCUT2D eigenvalue weighted by atomic mass is 32.2. The molecule has 298 valence electrons. The van der Waals surface area contributed by atoms with Crippen molar-refractivity contribution in [3.63, 3.8) is 0 Å². The van der Waals surface area contributed by atoms with Gasteiger partial charge < -0.3 is 26.4 Å². The molecule has 0 saturated carbocycles. The van der Waals surface area contributed by atoms with E-state index in [2.05, 4.69) is 48.1 Å². The number of Topliss-reactive ketones (excluding diaryl/α,β-unsaturated/α-hetero) is 2. The van der Waals surface area contributed by atoms with Gasteiger partial charge in [0.15, 0.2) is 5.78 Å². The van der Waals surface area contributed by atoms with Crippen LogP contribution in [0.2, 0.25) is 0 Å². The smallest absolute Gasteiger partial charge is 0.312 e. The first-order valence-corrected chi connectivity index (χ1v) is 19.9. The van der Waals surface area contributed by atoms with Gasteiger partial charge in [-0.2, -0.15) is 0 Å². The monoisotopic (exact) mass is 773 g/mol. The average Bonchev–Trinajstić information content (AvgIpc) is 3.55. The number of rotatable bonds is 23. The van der Waals surface area contributed by atoms with Crippen LogP contribution >= 0.6 is 0 Å². The topological polar surface area (TPSA) is 247 Å². The number of carbonyl (C=O) groups is 5. The first kappa shape index (κ1) is 45.4. The molecule has 0 saturated heterocycles. The van der Waals surface area contributed by atoms with Crippen LogP contribution in [0.5, 0.6) is 0 Å². The maximum atomic E-state index is 13.3. The Balaban J connectivity index is 1.66. The third kappa shape index (κ3) is 17.8. The Morgan fingerprint density at radius 3 is 2.33 bits per heavy atom. The number of nitrogens with two attached hydrogens (primary N) is 1. The third-order valence-corrected chi connectivity index (χ3v) is 8.96. The first-order valence-electron chi connectivity index (χ1n) is 18.0. The normalized spacial score (nSPS) is 12.6.